The lowest BCUT2D eigenvalue weighted by atomic mass is 9.87. The van der Waals surface area contributed by atoms with E-state index in [-0.39, 0.29) is 5.41 Å². The Morgan fingerprint density at radius 1 is 0.920 bits per heavy atom. The zero-order valence-electron chi connectivity index (χ0n) is 15.2. The van der Waals surface area contributed by atoms with E-state index in [2.05, 4.69) is 31.4 Å². The SMILES string of the molecule is Cc1cc(C)c(NC(=O)C(=O)Nc2ccc(C(C)(C)C)cc2)c(Cl)c1. The van der Waals surface area contributed by atoms with Crippen molar-refractivity contribution in [3.63, 3.8) is 0 Å². The van der Waals surface area contributed by atoms with Crippen molar-refractivity contribution in [3.8, 4) is 0 Å². The lowest BCUT2D eigenvalue weighted by Gasteiger charge is -2.19. The molecular weight excluding hydrogens is 336 g/mol. The first-order chi connectivity index (χ1) is 11.6. The second kappa shape index (κ2) is 7.28. The predicted molar refractivity (Wildman–Crippen MR) is 103 cm³/mol. The third kappa shape index (κ3) is 4.83. The van der Waals surface area contributed by atoms with E-state index in [9.17, 15) is 9.59 Å². The molecule has 0 unspecified atom stereocenters. The van der Waals surface area contributed by atoms with Crippen molar-refractivity contribution in [3.05, 3.63) is 58.1 Å². The van der Waals surface area contributed by atoms with Gasteiger partial charge in [0, 0.05) is 5.69 Å². The van der Waals surface area contributed by atoms with Crippen LogP contribution in [0.2, 0.25) is 5.02 Å². The maximum atomic E-state index is 12.2. The molecule has 0 heterocycles. The summed E-state index contributed by atoms with van der Waals surface area (Å²) in [7, 11) is 0. The molecule has 0 saturated heterocycles. The fraction of sp³-hybridized carbons (Fsp3) is 0.300. The molecule has 132 valence electrons. The number of rotatable bonds is 2. The number of nitrogens with one attached hydrogen (secondary N) is 2. The highest BCUT2D eigenvalue weighted by molar-refractivity contribution is 6.45. The van der Waals surface area contributed by atoms with Crippen LogP contribution in [0.5, 0.6) is 0 Å². The molecule has 4 nitrogen and oxygen atoms in total. The van der Waals surface area contributed by atoms with Gasteiger partial charge < -0.3 is 10.6 Å². The van der Waals surface area contributed by atoms with Gasteiger partial charge in [-0.2, -0.15) is 0 Å². The van der Waals surface area contributed by atoms with Gasteiger partial charge in [0.25, 0.3) is 0 Å². The van der Waals surface area contributed by atoms with Crippen molar-refractivity contribution in [2.75, 3.05) is 10.6 Å². The van der Waals surface area contributed by atoms with Gasteiger partial charge in [0.05, 0.1) is 10.7 Å². The van der Waals surface area contributed by atoms with E-state index in [0.29, 0.717) is 16.4 Å². The number of hydrogen-bond donors (Lipinski definition) is 2. The third-order valence-electron chi connectivity index (χ3n) is 3.89. The van der Waals surface area contributed by atoms with E-state index in [0.717, 1.165) is 16.7 Å². The van der Waals surface area contributed by atoms with Crippen molar-refractivity contribution in [1.29, 1.82) is 0 Å². The minimum Gasteiger partial charge on any atom is -0.318 e. The summed E-state index contributed by atoms with van der Waals surface area (Å²) in [6.07, 6.45) is 0. The molecule has 0 saturated carbocycles. The Bertz CT molecular complexity index is 782. The molecule has 25 heavy (non-hydrogen) atoms. The fourth-order valence-electron chi connectivity index (χ4n) is 2.49. The third-order valence-corrected chi connectivity index (χ3v) is 4.18. The topological polar surface area (TPSA) is 58.2 Å². The number of amides is 2. The Labute approximate surface area is 153 Å². The highest BCUT2D eigenvalue weighted by atomic mass is 35.5. The van der Waals surface area contributed by atoms with Gasteiger partial charge in [-0.25, -0.2) is 0 Å². The molecule has 0 aliphatic rings. The second-order valence-electron chi connectivity index (χ2n) is 7.17. The Balaban J connectivity index is 2.07. The Kier molecular flexibility index (Phi) is 5.53. The monoisotopic (exact) mass is 358 g/mol. The fourth-order valence-corrected chi connectivity index (χ4v) is 2.85. The number of anilines is 2. The smallest absolute Gasteiger partial charge is 0.314 e. The summed E-state index contributed by atoms with van der Waals surface area (Å²) in [4.78, 5) is 24.3. The van der Waals surface area contributed by atoms with Crippen LogP contribution in [0.15, 0.2) is 36.4 Å². The lowest BCUT2D eigenvalue weighted by Crippen LogP contribution is -2.29. The zero-order chi connectivity index (χ0) is 18.8. The van der Waals surface area contributed by atoms with Crippen LogP contribution in [0.1, 0.15) is 37.5 Å². The van der Waals surface area contributed by atoms with E-state index in [4.69, 9.17) is 11.6 Å². The van der Waals surface area contributed by atoms with Gasteiger partial charge in [0.1, 0.15) is 0 Å². The van der Waals surface area contributed by atoms with Crippen LogP contribution < -0.4 is 10.6 Å². The van der Waals surface area contributed by atoms with E-state index >= 15 is 0 Å². The van der Waals surface area contributed by atoms with E-state index in [1.807, 2.05) is 32.0 Å². The van der Waals surface area contributed by atoms with Crippen LogP contribution >= 0.6 is 11.6 Å². The van der Waals surface area contributed by atoms with Crippen molar-refractivity contribution in [2.45, 2.75) is 40.0 Å². The normalized spacial score (nSPS) is 11.1. The highest BCUT2D eigenvalue weighted by Crippen LogP contribution is 2.27. The molecule has 0 fully saturated rings. The molecule has 0 aliphatic heterocycles. The first kappa shape index (κ1) is 19.0. The van der Waals surface area contributed by atoms with Crippen molar-refractivity contribution < 1.29 is 9.59 Å². The molecule has 0 radical (unpaired) electrons. The van der Waals surface area contributed by atoms with Crippen LogP contribution in [-0.4, -0.2) is 11.8 Å². The molecule has 2 aromatic carbocycles. The number of carbonyl (C=O) groups excluding carboxylic acids is 2. The Morgan fingerprint density at radius 3 is 2.00 bits per heavy atom. The summed E-state index contributed by atoms with van der Waals surface area (Å²) in [6.45, 7) is 10.1. The van der Waals surface area contributed by atoms with E-state index in [1.165, 1.54) is 0 Å². The average Bonchev–Trinajstić information content (AvgIpc) is 2.50. The maximum absolute atomic E-state index is 12.2. The summed E-state index contributed by atoms with van der Waals surface area (Å²) in [5, 5.41) is 5.59. The van der Waals surface area contributed by atoms with Crippen LogP contribution in [0, 0.1) is 13.8 Å². The number of halogens is 1. The largest absolute Gasteiger partial charge is 0.318 e. The number of hydrogen-bond acceptors (Lipinski definition) is 2. The minimum absolute atomic E-state index is 0.0274. The highest BCUT2D eigenvalue weighted by Gasteiger charge is 2.18. The van der Waals surface area contributed by atoms with Gasteiger partial charge in [-0.1, -0.05) is 50.6 Å². The van der Waals surface area contributed by atoms with Gasteiger partial charge in [-0.05, 0) is 54.2 Å². The summed E-state index contributed by atoms with van der Waals surface area (Å²) in [5.74, 6) is -1.49. The predicted octanol–water partition coefficient (Wildman–Crippen LogP) is 4.83. The van der Waals surface area contributed by atoms with Crippen molar-refractivity contribution in [1.82, 2.24) is 0 Å². The average molecular weight is 359 g/mol. The molecule has 2 amide bonds. The van der Waals surface area contributed by atoms with Gasteiger partial charge in [-0.15, -0.1) is 0 Å². The van der Waals surface area contributed by atoms with Gasteiger partial charge >= 0.3 is 11.8 Å². The van der Waals surface area contributed by atoms with Crippen LogP contribution in [0.25, 0.3) is 0 Å². The second-order valence-corrected chi connectivity index (χ2v) is 7.58. The van der Waals surface area contributed by atoms with E-state index in [1.54, 1.807) is 18.2 Å². The maximum Gasteiger partial charge on any atom is 0.314 e. The number of benzene rings is 2. The van der Waals surface area contributed by atoms with Crippen LogP contribution in [0.4, 0.5) is 11.4 Å². The Hall–Kier alpha value is -2.33. The molecule has 2 N–H and O–H groups in total. The molecule has 0 spiro atoms. The van der Waals surface area contributed by atoms with Gasteiger partial charge in [-0.3, -0.25) is 9.59 Å². The molecule has 2 aromatic rings. The molecule has 0 aromatic heterocycles. The molecular formula is C20H23ClN2O2. The standard InChI is InChI=1S/C20H23ClN2O2/c1-12-10-13(2)17(16(21)11-12)23-19(25)18(24)22-15-8-6-14(7-9-15)20(3,4)5/h6-11H,1-5H3,(H,22,24)(H,23,25). The van der Waals surface area contributed by atoms with Crippen molar-refractivity contribution >= 4 is 34.8 Å². The number of aryl methyl sites for hydroxylation is 2. The van der Waals surface area contributed by atoms with Crippen LogP contribution in [-0.2, 0) is 15.0 Å². The van der Waals surface area contributed by atoms with E-state index < -0.39 is 11.8 Å². The van der Waals surface area contributed by atoms with Gasteiger partial charge in [0.15, 0.2) is 0 Å². The summed E-state index contributed by atoms with van der Waals surface area (Å²) >= 11 is 6.16. The molecule has 5 heteroatoms. The Morgan fingerprint density at radius 2 is 1.48 bits per heavy atom. The zero-order valence-corrected chi connectivity index (χ0v) is 15.9. The first-order valence-electron chi connectivity index (χ1n) is 8.07. The lowest BCUT2D eigenvalue weighted by molar-refractivity contribution is -0.133. The summed E-state index contributed by atoms with van der Waals surface area (Å²) in [6, 6.07) is 11.1. The minimum atomic E-state index is -0.756. The number of carbonyl (C=O) groups is 2. The quantitative estimate of drug-likeness (QED) is 0.755. The molecule has 2 rings (SSSR count). The molecule has 0 aliphatic carbocycles. The molecule has 0 atom stereocenters. The van der Waals surface area contributed by atoms with Gasteiger partial charge in [0.2, 0.25) is 0 Å². The first-order valence-corrected chi connectivity index (χ1v) is 8.45. The summed E-state index contributed by atoms with van der Waals surface area (Å²) in [5.41, 5.74) is 4.00. The molecule has 0 bridgehead atoms. The summed E-state index contributed by atoms with van der Waals surface area (Å²) < 4.78 is 0. The van der Waals surface area contributed by atoms with Crippen LogP contribution in [0.3, 0.4) is 0 Å². The van der Waals surface area contributed by atoms with Crippen molar-refractivity contribution in [2.24, 2.45) is 0 Å².